The standard InChI is InChI=1S/C19H24ClN5O/c1-4-15-17(20)22-13(3)23-18(15)25-10-6-8-14(11-25)19(26)24-16-9-5-7-12(2)21-16/h5,7,9,14H,4,6,8,10-11H2,1-3H3,(H,21,24,26). The molecule has 0 radical (unpaired) electrons. The Labute approximate surface area is 159 Å². The predicted octanol–water partition coefficient (Wildman–Crippen LogP) is 3.56. The minimum atomic E-state index is -0.107. The topological polar surface area (TPSA) is 71.0 Å². The van der Waals surface area contributed by atoms with Gasteiger partial charge >= 0.3 is 0 Å². The lowest BCUT2D eigenvalue weighted by atomic mass is 9.96. The number of hydrogen-bond donors (Lipinski definition) is 1. The molecule has 0 aliphatic carbocycles. The van der Waals surface area contributed by atoms with Crippen molar-refractivity contribution >= 4 is 29.1 Å². The van der Waals surface area contributed by atoms with E-state index >= 15 is 0 Å². The van der Waals surface area contributed by atoms with E-state index in [1.807, 2.05) is 39.0 Å². The Morgan fingerprint density at radius 1 is 1.31 bits per heavy atom. The summed E-state index contributed by atoms with van der Waals surface area (Å²) >= 11 is 6.31. The zero-order valence-corrected chi connectivity index (χ0v) is 16.2. The fourth-order valence-electron chi connectivity index (χ4n) is 3.34. The largest absolute Gasteiger partial charge is 0.355 e. The van der Waals surface area contributed by atoms with Crippen molar-refractivity contribution in [2.24, 2.45) is 5.92 Å². The third kappa shape index (κ3) is 4.12. The molecule has 0 bridgehead atoms. The van der Waals surface area contributed by atoms with E-state index < -0.39 is 0 Å². The van der Waals surface area contributed by atoms with Crippen LogP contribution in [0.5, 0.6) is 0 Å². The summed E-state index contributed by atoms with van der Waals surface area (Å²) < 4.78 is 0. The molecule has 6 nitrogen and oxygen atoms in total. The summed E-state index contributed by atoms with van der Waals surface area (Å²) in [6.45, 7) is 7.28. The maximum absolute atomic E-state index is 12.7. The first-order valence-corrected chi connectivity index (χ1v) is 9.38. The lowest BCUT2D eigenvalue weighted by Gasteiger charge is -2.34. The summed E-state index contributed by atoms with van der Waals surface area (Å²) in [5.74, 6) is 2.00. The van der Waals surface area contributed by atoms with E-state index in [1.165, 1.54) is 0 Å². The second-order valence-corrected chi connectivity index (χ2v) is 7.01. The average Bonchev–Trinajstić information content (AvgIpc) is 2.61. The van der Waals surface area contributed by atoms with Gasteiger partial charge in [0.1, 0.15) is 22.6 Å². The molecular formula is C19H24ClN5O. The molecule has 1 N–H and O–H groups in total. The first-order valence-electron chi connectivity index (χ1n) is 9.00. The zero-order valence-electron chi connectivity index (χ0n) is 15.4. The number of carbonyl (C=O) groups is 1. The molecule has 1 amide bonds. The van der Waals surface area contributed by atoms with E-state index in [9.17, 15) is 4.79 Å². The molecule has 2 aromatic rings. The number of nitrogens with one attached hydrogen (secondary N) is 1. The number of aryl methyl sites for hydroxylation is 2. The van der Waals surface area contributed by atoms with Crippen LogP contribution in [0.3, 0.4) is 0 Å². The first-order chi connectivity index (χ1) is 12.5. The summed E-state index contributed by atoms with van der Waals surface area (Å²) in [7, 11) is 0. The smallest absolute Gasteiger partial charge is 0.230 e. The van der Waals surface area contributed by atoms with Gasteiger partial charge in [-0.1, -0.05) is 24.6 Å². The Kier molecular flexibility index (Phi) is 5.71. The number of pyridine rings is 1. The lowest BCUT2D eigenvalue weighted by Crippen LogP contribution is -2.41. The molecule has 1 aliphatic rings. The number of nitrogens with zero attached hydrogens (tertiary/aromatic N) is 4. The molecule has 0 saturated carbocycles. The Bertz CT molecular complexity index is 811. The predicted molar refractivity (Wildman–Crippen MR) is 104 cm³/mol. The minimum absolute atomic E-state index is 0.00252. The van der Waals surface area contributed by atoms with Gasteiger partial charge in [-0.05, 0) is 45.2 Å². The van der Waals surface area contributed by atoms with Gasteiger partial charge in [0.15, 0.2) is 0 Å². The summed E-state index contributed by atoms with van der Waals surface area (Å²) in [5, 5.41) is 3.45. The van der Waals surface area contributed by atoms with Crippen molar-refractivity contribution < 1.29 is 4.79 Å². The maximum atomic E-state index is 12.7. The number of carbonyl (C=O) groups excluding carboxylic acids is 1. The third-order valence-corrected chi connectivity index (χ3v) is 4.94. The summed E-state index contributed by atoms with van der Waals surface area (Å²) in [6, 6.07) is 5.62. The van der Waals surface area contributed by atoms with Crippen molar-refractivity contribution in [3.05, 3.63) is 40.4 Å². The van der Waals surface area contributed by atoms with Crippen LogP contribution in [0.4, 0.5) is 11.6 Å². The Morgan fingerprint density at radius 3 is 2.85 bits per heavy atom. The molecule has 1 unspecified atom stereocenters. The molecule has 0 spiro atoms. The molecule has 1 atom stereocenters. The molecular weight excluding hydrogens is 350 g/mol. The van der Waals surface area contributed by atoms with Gasteiger partial charge < -0.3 is 10.2 Å². The Morgan fingerprint density at radius 2 is 2.12 bits per heavy atom. The van der Waals surface area contributed by atoms with Crippen LogP contribution in [-0.2, 0) is 11.2 Å². The van der Waals surface area contributed by atoms with Crippen molar-refractivity contribution in [3.8, 4) is 0 Å². The van der Waals surface area contributed by atoms with Gasteiger partial charge in [0.2, 0.25) is 5.91 Å². The first kappa shape index (κ1) is 18.6. The summed E-state index contributed by atoms with van der Waals surface area (Å²) in [5.41, 5.74) is 1.82. The van der Waals surface area contributed by atoms with Crippen molar-refractivity contribution in [1.82, 2.24) is 15.0 Å². The highest BCUT2D eigenvalue weighted by molar-refractivity contribution is 6.30. The number of piperidine rings is 1. The van der Waals surface area contributed by atoms with Gasteiger partial charge in [-0.2, -0.15) is 0 Å². The van der Waals surface area contributed by atoms with Crippen molar-refractivity contribution in [2.45, 2.75) is 40.0 Å². The van der Waals surface area contributed by atoms with Crippen molar-refractivity contribution in [2.75, 3.05) is 23.3 Å². The molecule has 1 aliphatic heterocycles. The molecule has 2 aromatic heterocycles. The number of anilines is 2. The van der Waals surface area contributed by atoms with Crippen LogP contribution in [0.2, 0.25) is 5.15 Å². The second kappa shape index (κ2) is 7.99. The van der Waals surface area contributed by atoms with E-state index in [-0.39, 0.29) is 11.8 Å². The number of amides is 1. The van der Waals surface area contributed by atoms with Crippen LogP contribution >= 0.6 is 11.6 Å². The number of rotatable bonds is 4. The fraction of sp³-hybridized carbons (Fsp3) is 0.474. The average molecular weight is 374 g/mol. The minimum Gasteiger partial charge on any atom is -0.355 e. The van der Waals surface area contributed by atoms with Crippen LogP contribution in [0, 0.1) is 19.8 Å². The highest BCUT2D eigenvalue weighted by Crippen LogP contribution is 2.29. The second-order valence-electron chi connectivity index (χ2n) is 6.66. The van der Waals surface area contributed by atoms with Crippen LogP contribution < -0.4 is 10.2 Å². The fourth-order valence-corrected chi connectivity index (χ4v) is 3.68. The van der Waals surface area contributed by atoms with E-state index in [1.54, 1.807) is 0 Å². The highest BCUT2D eigenvalue weighted by atomic mass is 35.5. The molecule has 3 heterocycles. The molecule has 0 aromatic carbocycles. The van der Waals surface area contributed by atoms with Gasteiger partial charge in [0.25, 0.3) is 0 Å². The monoisotopic (exact) mass is 373 g/mol. The van der Waals surface area contributed by atoms with Gasteiger partial charge in [-0.25, -0.2) is 15.0 Å². The quantitative estimate of drug-likeness (QED) is 0.829. The maximum Gasteiger partial charge on any atom is 0.230 e. The Balaban J connectivity index is 1.76. The van der Waals surface area contributed by atoms with Crippen molar-refractivity contribution in [3.63, 3.8) is 0 Å². The molecule has 3 rings (SSSR count). The molecule has 1 saturated heterocycles. The highest BCUT2D eigenvalue weighted by Gasteiger charge is 2.28. The van der Waals surface area contributed by atoms with Gasteiger partial charge in [0.05, 0.1) is 5.92 Å². The summed E-state index contributed by atoms with van der Waals surface area (Å²) in [6.07, 6.45) is 2.55. The van der Waals surface area contributed by atoms with E-state index in [2.05, 4.69) is 25.2 Å². The lowest BCUT2D eigenvalue weighted by molar-refractivity contribution is -0.120. The normalized spacial score (nSPS) is 17.2. The van der Waals surface area contributed by atoms with Crippen LogP contribution in [-0.4, -0.2) is 33.9 Å². The Hall–Kier alpha value is -2.21. The van der Waals surface area contributed by atoms with E-state index in [0.717, 1.165) is 42.9 Å². The van der Waals surface area contributed by atoms with E-state index in [0.29, 0.717) is 23.3 Å². The zero-order chi connectivity index (χ0) is 18.7. The molecule has 26 heavy (non-hydrogen) atoms. The number of hydrogen-bond acceptors (Lipinski definition) is 5. The number of halogens is 1. The molecule has 7 heteroatoms. The summed E-state index contributed by atoms with van der Waals surface area (Å²) in [4.78, 5) is 28.1. The van der Waals surface area contributed by atoms with Crippen LogP contribution in [0.15, 0.2) is 18.2 Å². The van der Waals surface area contributed by atoms with Crippen LogP contribution in [0.1, 0.15) is 36.8 Å². The third-order valence-electron chi connectivity index (χ3n) is 4.63. The van der Waals surface area contributed by atoms with E-state index in [4.69, 9.17) is 11.6 Å². The van der Waals surface area contributed by atoms with Gasteiger partial charge in [0, 0.05) is 24.3 Å². The van der Waals surface area contributed by atoms with Gasteiger partial charge in [-0.3, -0.25) is 4.79 Å². The molecule has 1 fully saturated rings. The van der Waals surface area contributed by atoms with Crippen LogP contribution in [0.25, 0.3) is 0 Å². The van der Waals surface area contributed by atoms with Gasteiger partial charge in [-0.15, -0.1) is 0 Å². The SMILES string of the molecule is CCc1c(Cl)nc(C)nc1N1CCCC(C(=O)Nc2cccc(C)n2)C1. The number of aromatic nitrogens is 3. The van der Waals surface area contributed by atoms with Crippen molar-refractivity contribution in [1.29, 1.82) is 0 Å². The molecule has 138 valence electrons.